The Kier molecular flexibility index (Phi) is 7.33. The molecular formula is C23H26ClN3O5S. The van der Waals surface area contributed by atoms with Crippen LogP contribution in [-0.4, -0.2) is 46.0 Å². The Morgan fingerprint density at radius 1 is 1.15 bits per heavy atom. The van der Waals surface area contributed by atoms with Crippen LogP contribution < -0.4 is 14.9 Å². The summed E-state index contributed by atoms with van der Waals surface area (Å²) in [6.45, 7) is 1.77. The zero-order valence-electron chi connectivity index (χ0n) is 18.1. The molecule has 8 nitrogen and oxygen atoms in total. The molecule has 0 spiro atoms. The number of halogens is 1. The van der Waals surface area contributed by atoms with Gasteiger partial charge in [0.1, 0.15) is 4.90 Å². The highest BCUT2D eigenvalue weighted by molar-refractivity contribution is 7.89. The van der Waals surface area contributed by atoms with Gasteiger partial charge in [-0.15, -0.1) is 0 Å². The van der Waals surface area contributed by atoms with Crippen LogP contribution in [0.2, 0.25) is 5.02 Å². The lowest BCUT2D eigenvalue weighted by Crippen LogP contribution is -2.32. The number of amides is 2. The van der Waals surface area contributed by atoms with Gasteiger partial charge in [0.2, 0.25) is 15.9 Å². The second kappa shape index (κ2) is 10.2. The molecule has 2 saturated heterocycles. The fourth-order valence-corrected chi connectivity index (χ4v) is 5.53. The first kappa shape index (κ1) is 23.7. The number of carbonyl (C=O) groups excluding carboxylic acids is 2. The first-order valence-electron chi connectivity index (χ1n) is 10.9. The monoisotopic (exact) mass is 491 g/mol. The minimum atomic E-state index is -3.89. The van der Waals surface area contributed by atoms with Crippen molar-refractivity contribution in [2.75, 3.05) is 24.6 Å². The number of sulfonamides is 1. The van der Waals surface area contributed by atoms with E-state index in [-0.39, 0.29) is 40.6 Å². The summed E-state index contributed by atoms with van der Waals surface area (Å²) >= 11 is 6.12. The van der Waals surface area contributed by atoms with E-state index in [0.717, 1.165) is 37.1 Å². The molecule has 2 N–H and O–H groups in total. The van der Waals surface area contributed by atoms with E-state index in [4.69, 9.17) is 16.3 Å². The van der Waals surface area contributed by atoms with Crippen molar-refractivity contribution in [2.45, 2.75) is 43.2 Å². The maximum Gasteiger partial charge on any atom is 0.251 e. The summed E-state index contributed by atoms with van der Waals surface area (Å²) in [6.07, 6.45) is 2.98. The van der Waals surface area contributed by atoms with Gasteiger partial charge in [0.15, 0.2) is 0 Å². The van der Waals surface area contributed by atoms with Crippen molar-refractivity contribution < 1.29 is 22.7 Å². The van der Waals surface area contributed by atoms with Crippen LogP contribution in [0.3, 0.4) is 0 Å². The van der Waals surface area contributed by atoms with Crippen LogP contribution >= 0.6 is 11.6 Å². The summed E-state index contributed by atoms with van der Waals surface area (Å²) in [5, 5.41) is 2.83. The Morgan fingerprint density at radius 3 is 2.61 bits per heavy atom. The topological polar surface area (TPSA) is 105 Å². The predicted molar refractivity (Wildman–Crippen MR) is 125 cm³/mol. The van der Waals surface area contributed by atoms with Crippen LogP contribution in [0.25, 0.3) is 0 Å². The van der Waals surface area contributed by atoms with Crippen molar-refractivity contribution in [1.29, 1.82) is 0 Å². The first-order chi connectivity index (χ1) is 15.8. The van der Waals surface area contributed by atoms with Gasteiger partial charge in [0, 0.05) is 43.9 Å². The van der Waals surface area contributed by atoms with Gasteiger partial charge in [0.25, 0.3) is 5.91 Å². The Balaban J connectivity index is 1.38. The second-order valence-corrected chi connectivity index (χ2v) is 10.3. The molecule has 2 heterocycles. The quantitative estimate of drug-likeness (QED) is 0.590. The van der Waals surface area contributed by atoms with Gasteiger partial charge < -0.3 is 15.0 Å². The third-order valence-corrected chi connectivity index (χ3v) is 7.69. The number of benzene rings is 2. The van der Waals surface area contributed by atoms with Crippen molar-refractivity contribution in [3.63, 3.8) is 0 Å². The van der Waals surface area contributed by atoms with Crippen molar-refractivity contribution in [2.24, 2.45) is 0 Å². The standard InChI is InChI=1S/C23H26ClN3O5S/c24-20-10-7-17(13-21(20)33(30,31)26-15-19-3-2-12-32-19)23(29)25-14-16-5-8-18(9-6-16)27-11-1-4-22(27)28/h5-10,13,19,26H,1-4,11-12,14-15H2,(H,25,29)/t19-/m1/s1. The van der Waals surface area contributed by atoms with E-state index in [0.29, 0.717) is 13.0 Å². The van der Waals surface area contributed by atoms with Gasteiger partial charge in [0.05, 0.1) is 11.1 Å². The molecule has 0 unspecified atom stereocenters. The molecule has 2 amide bonds. The van der Waals surface area contributed by atoms with Crippen molar-refractivity contribution in [3.05, 3.63) is 58.6 Å². The van der Waals surface area contributed by atoms with E-state index in [9.17, 15) is 18.0 Å². The zero-order chi connectivity index (χ0) is 23.4. The van der Waals surface area contributed by atoms with Gasteiger partial charge in [-0.3, -0.25) is 9.59 Å². The maximum absolute atomic E-state index is 12.7. The number of rotatable bonds is 8. The van der Waals surface area contributed by atoms with Crippen LogP contribution in [0.1, 0.15) is 41.6 Å². The fraction of sp³-hybridized carbons (Fsp3) is 0.391. The zero-order valence-corrected chi connectivity index (χ0v) is 19.6. The van der Waals surface area contributed by atoms with E-state index >= 15 is 0 Å². The third kappa shape index (κ3) is 5.73. The smallest absolute Gasteiger partial charge is 0.251 e. The predicted octanol–water partition coefficient (Wildman–Crippen LogP) is 2.85. The lowest BCUT2D eigenvalue weighted by atomic mass is 10.1. The van der Waals surface area contributed by atoms with Gasteiger partial charge in [-0.05, 0) is 55.2 Å². The molecule has 2 fully saturated rings. The molecule has 2 aromatic carbocycles. The molecule has 2 aliphatic heterocycles. The summed E-state index contributed by atoms with van der Waals surface area (Å²) in [5.74, 6) is -0.296. The SMILES string of the molecule is O=C(NCc1ccc(N2CCCC2=O)cc1)c1ccc(Cl)c(S(=O)(=O)NC[C@H]2CCCO2)c1. The molecule has 1 atom stereocenters. The number of hydrogen-bond donors (Lipinski definition) is 2. The fourth-order valence-electron chi connectivity index (χ4n) is 3.94. The summed E-state index contributed by atoms with van der Waals surface area (Å²) in [6, 6.07) is 11.6. The summed E-state index contributed by atoms with van der Waals surface area (Å²) < 4.78 is 33.4. The van der Waals surface area contributed by atoms with Crippen LogP contribution in [-0.2, 0) is 26.1 Å². The lowest BCUT2D eigenvalue weighted by Gasteiger charge is -2.16. The molecule has 4 rings (SSSR count). The van der Waals surface area contributed by atoms with Crippen LogP contribution in [0.15, 0.2) is 47.4 Å². The number of hydrogen-bond acceptors (Lipinski definition) is 5. The number of ether oxygens (including phenoxy) is 1. The second-order valence-electron chi connectivity index (χ2n) is 8.13. The Hall–Kier alpha value is -2.46. The highest BCUT2D eigenvalue weighted by atomic mass is 35.5. The summed E-state index contributed by atoms with van der Waals surface area (Å²) in [7, 11) is -3.89. The average Bonchev–Trinajstić information content (AvgIpc) is 3.48. The van der Waals surface area contributed by atoms with Crippen molar-refractivity contribution in [1.82, 2.24) is 10.0 Å². The number of carbonyl (C=O) groups is 2. The largest absolute Gasteiger partial charge is 0.377 e. The highest BCUT2D eigenvalue weighted by Gasteiger charge is 2.24. The van der Waals surface area contributed by atoms with Gasteiger partial charge >= 0.3 is 0 Å². The maximum atomic E-state index is 12.7. The summed E-state index contributed by atoms with van der Waals surface area (Å²) in [5.41, 5.74) is 1.89. The lowest BCUT2D eigenvalue weighted by molar-refractivity contribution is -0.117. The molecule has 0 radical (unpaired) electrons. The Bertz CT molecular complexity index is 1130. The number of nitrogens with zero attached hydrogens (tertiary/aromatic N) is 1. The van der Waals surface area contributed by atoms with E-state index in [1.54, 1.807) is 4.90 Å². The van der Waals surface area contributed by atoms with E-state index < -0.39 is 15.9 Å². The molecule has 2 aromatic rings. The van der Waals surface area contributed by atoms with Gasteiger partial charge in [-0.1, -0.05) is 23.7 Å². The number of nitrogens with one attached hydrogen (secondary N) is 2. The molecule has 176 valence electrons. The molecule has 0 aromatic heterocycles. The van der Waals surface area contributed by atoms with Crippen molar-refractivity contribution in [3.8, 4) is 0 Å². The molecule has 0 bridgehead atoms. The summed E-state index contributed by atoms with van der Waals surface area (Å²) in [4.78, 5) is 26.1. The van der Waals surface area contributed by atoms with Gasteiger partial charge in [-0.2, -0.15) is 0 Å². The van der Waals surface area contributed by atoms with Gasteiger partial charge in [-0.25, -0.2) is 13.1 Å². The van der Waals surface area contributed by atoms with Crippen molar-refractivity contribution >= 4 is 39.1 Å². The van der Waals surface area contributed by atoms with E-state index in [1.165, 1.54) is 18.2 Å². The molecule has 2 aliphatic rings. The Labute approximate surface area is 198 Å². The third-order valence-electron chi connectivity index (χ3n) is 5.78. The molecule has 0 saturated carbocycles. The average molecular weight is 492 g/mol. The molecule has 0 aliphatic carbocycles. The van der Waals surface area contributed by atoms with Crippen LogP contribution in [0.5, 0.6) is 0 Å². The highest BCUT2D eigenvalue weighted by Crippen LogP contribution is 2.24. The molecular weight excluding hydrogens is 466 g/mol. The minimum Gasteiger partial charge on any atom is -0.377 e. The van der Waals surface area contributed by atoms with E-state index in [1.807, 2.05) is 24.3 Å². The Morgan fingerprint density at radius 2 is 1.94 bits per heavy atom. The normalized spacial score (nSPS) is 18.6. The molecule has 10 heteroatoms. The minimum absolute atomic E-state index is 0.0402. The number of anilines is 1. The van der Waals surface area contributed by atoms with Crippen LogP contribution in [0.4, 0.5) is 5.69 Å². The molecule has 33 heavy (non-hydrogen) atoms. The first-order valence-corrected chi connectivity index (χ1v) is 12.8. The van der Waals surface area contributed by atoms with E-state index in [2.05, 4.69) is 10.0 Å². The van der Waals surface area contributed by atoms with Crippen LogP contribution in [0, 0.1) is 0 Å².